The third-order valence-electron chi connectivity index (χ3n) is 6.10. The van der Waals surface area contributed by atoms with Gasteiger partial charge in [0, 0.05) is 38.9 Å². The van der Waals surface area contributed by atoms with Gasteiger partial charge in [-0.2, -0.15) is 0 Å². The van der Waals surface area contributed by atoms with Gasteiger partial charge in [-0.25, -0.2) is 17.7 Å². The standard InChI is InChI=1S/C19H26N4O2S/c1-22-14-20-12-15(22)13-21-18-11-19(17-6-4-3-5-16(17)18)7-9-23(10-8-19)26(2,24)25/h3-6,12,14,18,21H,7-11,13H2,1-2H3/t18-/m0/s1. The summed E-state index contributed by atoms with van der Waals surface area (Å²) in [5.41, 5.74) is 4.01. The minimum absolute atomic E-state index is 0.0852. The summed E-state index contributed by atoms with van der Waals surface area (Å²) < 4.78 is 27.4. The van der Waals surface area contributed by atoms with Gasteiger partial charge in [0.25, 0.3) is 0 Å². The SMILES string of the molecule is Cn1cncc1CN[C@H]1CC2(CCN(S(C)(=O)=O)CC2)c2ccccc21. The van der Waals surface area contributed by atoms with Crippen LogP contribution in [-0.4, -0.2) is 41.6 Å². The van der Waals surface area contributed by atoms with Gasteiger partial charge in [-0.3, -0.25) is 0 Å². The fourth-order valence-corrected chi connectivity index (χ4v) is 5.42. The van der Waals surface area contributed by atoms with Gasteiger partial charge in [0.15, 0.2) is 0 Å². The Hall–Kier alpha value is -1.70. The molecule has 1 aliphatic carbocycles. The zero-order valence-electron chi connectivity index (χ0n) is 15.4. The van der Waals surface area contributed by atoms with Crippen molar-refractivity contribution in [2.24, 2.45) is 7.05 Å². The van der Waals surface area contributed by atoms with Crippen molar-refractivity contribution in [3.05, 3.63) is 53.6 Å². The van der Waals surface area contributed by atoms with Crippen molar-refractivity contribution in [2.75, 3.05) is 19.3 Å². The van der Waals surface area contributed by atoms with Crippen molar-refractivity contribution in [1.29, 1.82) is 0 Å². The van der Waals surface area contributed by atoms with Gasteiger partial charge in [-0.1, -0.05) is 24.3 Å². The highest BCUT2D eigenvalue weighted by Crippen LogP contribution is 2.50. The summed E-state index contributed by atoms with van der Waals surface area (Å²) in [5, 5.41) is 3.70. The fourth-order valence-electron chi connectivity index (χ4n) is 4.58. The normalized spacial score (nSPS) is 22.6. The molecule has 26 heavy (non-hydrogen) atoms. The average Bonchev–Trinajstić information content (AvgIpc) is 3.15. The first-order valence-electron chi connectivity index (χ1n) is 9.12. The average molecular weight is 375 g/mol. The van der Waals surface area contributed by atoms with Crippen LogP contribution in [-0.2, 0) is 29.0 Å². The van der Waals surface area contributed by atoms with E-state index in [1.165, 1.54) is 17.4 Å². The van der Waals surface area contributed by atoms with Crippen molar-refractivity contribution >= 4 is 10.0 Å². The number of fused-ring (bicyclic) bond motifs is 2. The summed E-state index contributed by atoms with van der Waals surface area (Å²) in [6.07, 6.45) is 7.84. The minimum atomic E-state index is -3.10. The first-order chi connectivity index (χ1) is 12.4. The lowest BCUT2D eigenvalue weighted by Gasteiger charge is -2.39. The number of aromatic nitrogens is 2. The number of imidazole rings is 1. The van der Waals surface area contributed by atoms with Gasteiger partial charge in [-0.05, 0) is 35.8 Å². The molecule has 6 nitrogen and oxygen atoms in total. The van der Waals surface area contributed by atoms with Crippen molar-refractivity contribution in [3.8, 4) is 0 Å². The van der Waals surface area contributed by atoms with E-state index >= 15 is 0 Å². The second-order valence-electron chi connectivity index (χ2n) is 7.66. The van der Waals surface area contributed by atoms with Crippen LogP contribution in [0.2, 0.25) is 0 Å². The number of nitrogens with one attached hydrogen (secondary N) is 1. The number of hydrogen-bond donors (Lipinski definition) is 1. The monoisotopic (exact) mass is 374 g/mol. The van der Waals surface area contributed by atoms with Gasteiger partial charge in [0.2, 0.25) is 10.0 Å². The molecule has 1 fully saturated rings. The Morgan fingerprint density at radius 1 is 1.27 bits per heavy atom. The molecule has 2 aliphatic rings. The number of piperidine rings is 1. The molecule has 4 rings (SSSR count). The number of benzene rings is 1. The minimum Gasteiger partial charge on any atom is -0.337 e. The topological polar surface area (TPSA) is 67.2 Å². The Morgan fingerprint density at radius 2 is 2.00 bits per heavy atom. The van der Waals surface area contributed by atoms with E-state index in [-0.39, 0.29) is 5.41 Å². The molecule has 0 unspecified atom stereocenters. The predicted octanol–water partition coefficient (Wildman–Crippen LogP) is 1.95. The highest BCUT2D eigenvalue weighted by atomic mass is 32.2. The number of sulfonamides is 1. The quantitative estimate of drug-likeness (QED) is 0.888. The molecule has 7 heteroatoms. The van der Waals surface area contributed by atoms with E-state index in [9.17, 15) is 8.42 Å². The summed E-state index contributed by atoms with van der Waals surface area (Å²) in [6.45, 7) is 2.00. The third-order valence-corrected chi connectivity index (χ3v) is 7.40. The molecule has 0 saturated carbocycles. The van der Waals surface area contributed by atoms with Crippen molar-refractivity contribution < 1.29 is 8.42 Å². The van der Waals surface area contributed by atoms with Crippen LogP contribution in [0.5, 0.6) is 0 Å². The Morgan fingerprint density at radius 3 is 2.65 bits per heavy atom. The summed E-state index contributed by atoms with van der Waals surface area (Å²) in [5.74, 6) is 0. The van der Waals surface area contributed by atoms with Crippen LogP contribution >= 0.6 is 0 Å². The number of rotatable bonds is 4. The molecule has 1 aromatic carbocycles. The van der Waals surface area contributed by atoms with Crippen LogP contribution in [0.3, 0.4) is 0 Å². The van der Waals surface area contributed by atoms with E-state index in [4.69, 9.17) is 0 Å². The highest BCUT2D eigenvalue weighted by molar-refractivity contribution is 7.88. The molecular weight excluding hydrogens is 348 g/mol. The smallest absolute Gasteiger partial charge is 0.211 e. The maximum absolute atomic E-state index is 11.9. The van der Waals surface area contributed by atoms with Gasteiger partial charge in [0.05, 0.1) is 18.3 Å². The molecule has 1 N–H and O–H groups in total. The lowest BCUT2D eigenvalue weighted by Crippen LogP contribution is -2.44. The Balaban J connectivity index is 1.54. The largest absolute Gasteiger partial charge is 0.337 e. The molecule has 1 atom stereocenters. The van der Waals surface area contributed by atoms with Gasteiger partial charge < -0.3 is 9.88 Å². The van der Waals surface area contributed by atoms with Crippen LogP contribution < -0.4 is 5.32 Å². The van der Waals surface area contributed by atoms with E-state index in [1.54, 1.807) is 4.31 Å². The van der Waals surface area contributed by atoms with Crippen LogP contribution in [0.15, 0.2) is 36.8 Å². The second kappa shape index (κ2) is 6.48. The van der Waals surface area contributed by atoms with Crippen LogP contribution in [0.25, 0.3) is 0 Å². The van der Waals surface area contributed by atoms with Gasteiger partial charge in [-0.15, -0.1) is 0 Å². The first kappa shape index (κ1) is 17.7. The van der Waals surface area contributed by atoms with E-state index < -0.39 is 10.0 Å². The fraction of sp³-hybridized carbons (Fsp3) is 0.526. The third kappa shape index (κ3) is 3.08. The number of nitrogens with zero attached hydrogens (tertiary/aromatic N) is 3. The summed E-state index contributed by atoms with van der Waals surface area (Å²) in [4.78, 5) is 4.19. The molecule has 2 aromatic rings. The molecule has 0 amide bonds. The molecule has 1 aliphatic heterocycles. The van der Waals surface area contributed by atoms with Crippen molar-refractivity contribution in [1.82, 2.24) is 19.2 Å². The second-order valence-corrected chi connectivity index (χ2v) is 9.65. The maximum Gasteiger partial charge on any atom is 0.211 e. The molecule has 1 saturated heterocycles. The van der Waals surface area contributed by atoms with Crippen LogP contribution in [0.4, 0.5) is 0 Å². The summed E-state index contributed by atoms with van der Waals surface area (Å²) in [7, 11) is -1.09. The zero-order chi connectivity index (χ0) is 18.4. The molecule has 0 bridgehead atoms. The summed E-state index contributed by atoms with van der Waals surface area (Å²) in [6, 6.07) is 8.95. The molecule has 2 heterocycles. The van der Waals surface area contributed by atoms with E-state index in [2.05, 4.69) is 34.6 Å². The highest BCUT2D eigenvalue weighted by Gasteiger charge is 2.46. The number of aryl methyl sites for hydroxylation is 1. The van der Waals surface area contributed by atoms with E-state index in [0.717, 1.165) is 31.5 Å². The predicted molar refractivity (Wildman–Crippen MR) is 101 cm³/mol. The Bertz CT molecular complexity index is 898. The summed E-state index contributed by atoms with van der Waals surface area (Å²) >= 11 is 0. The maximum atomic E-state index is 11.9. The first-order valence-corrected chi connectivity index (χ1v) is 11.0. The molecule has 140 valence electrons. The van der Waals surface area contributed by atoms with Crippen LogP contribution in [0, 0.1) is 0 Å². The van der Waals surface area contributed by atoms with Gasteiger partial charge in [0.1, 0.15) is 0 Å². The Labute approximate surface area is 155 Å². The lowest BCUT2D eigenvalue weighted by molar-refractivity contribution is 0.220. The molecular formula is C19H26N4O2S. The number of hydrogen-bond acceptors (Lipinski definition) is 4. The Kier molecular flexibility index (Phi) is 4.41. The molecule has 1 aromatic heterocycles. The van der Waals surface area contributed by atoms with Gasteiger partial charge >= 0.3 is 0 Å². The van der Waals surface area contributed by atoms with Crippen LogP contribution in [0.1, 0.15) is 42.1 Å². The molecule has 1 spiro atoms. The molecule has 0 radical (unpaired) electrons. The van der Waals surface area contributed by atoms with E-state index in [1.807, 2.05) is 24.1 Å². The lowest BCUT2D eigenvalue weighted by atomic mass is 9.74. The van der Waals surface area contributed by atoms with Crippen molar-refractivity contribution in [3.63, 3.8) is 0 Å². The zero-order valence-corrected chi connectivity index (χ0v) is 16.2. The van der Waals surface area contributed by atoms with E-state index in [0.29, 0.717) is 19.1 Å². The van der Waals surface area contributed by atoms with Crippen molar-refractivity contribution in [2.45, 2.75) is 37.3 Å².